The van der Waals surface area contributed by atoms with Crippen molar-refractivity contribution in [3.05, 3.63) is 53.5 Å². The SMILES string of the molecule is COc1cccc(C(=O)NCC(c2ccc(C)o2)N2CCC(C)CC2)c1. The predicted molar refractivity (Wildman–Crippen MR) is 101 cm³/mol. The van der Waals surface area contributed by atoms with Crippen LogP contribution in [0.2, 0.25) is 0 Å². The fourth-order valence-electron chi connectivity index (χ4n) is 3.44. The molecule has 1 saturated heterocycles. The van der Waals surface area contributed by atoms with E-state index >= 15 is 0 Å². The highest BCUT2D eigenvalue weighted by Crippen LogP contribution is 2.27. The molecule has 1 amide bonds. The predicted octanol–water partition coefficient (Wildman–Crippen LogP) is 3.80. The molecule has 0 radical (unpaired) electrons. The lowest BCUT2D eigenvalue weighted by molar-refractivity contribution is 0.0894. The number of piperidine rings is 1. The molecule has 0 aliphatic carbocycles. The van der Waals surface area contributed by atoms with Gasteiger partial charge in [-0.25, -0.2) is 0 Å². The molecule has 1 fully saturated rings. The van der Waals surface area contributed by atoms with E-state index in [1.807, 2.05) is 31.2 Å². The van der Waals surface area contributed by atoms with Crippen molar-refractivity contribution in [2.24, 2.45) is 5.92 Å². The Morgan fingerprint density at radius 1 is 1.31 bits per heavy atom. The van der Waals surface area contributed by atoms with Gasteiger partial charge in [0.15, 0.2) is 0 Å². The van der Waals surface area contributed by atoms with Crippen molar-refractivity contribution in [3.8, 4) is 5.75 Å². The minimum Gasteiger partial charge on any atom is -0.497 e. The van der Waals surface area contributed by atoms with Gasteiger partial charge < -0.3 is 14.5 Å². The Labute approximate surface area is 155 Å². The molecular formula is C21H28N2O3. The Balaban J connectivity index is 1.70. The Kier molecular flexibility index (Phi) is 5.99. The average molecular weight is 356 g/mol. The van der Waals surface area contributed by atoms with Crippen molar-refractivity contribution in [1.82, 2.24) is 10.2 Å². The van der Waals surface area contributed by atoms with Gasteiger partial charge in [-0.3, -0.25) is 9.69 Å². The lowest BCUT2D eigenvalue weighted by atomic mass is 9.97. The Morgan fingerprint density at radius 2 is 2.08 bits per heavy atom. The molecule has 2 heterocycles. The highest BCUT2D eigenvalue weighted by atomic mass is 16.5. The van der Waals surface area contributed by atoms with Gasteiger partial charge >= 0.3 is 0 Å². The molecule has 5 nitrogen and oxygen atoms in total. The number of carbonyl (C=O) groups excluding carboxylic acids is 1. The third kappa shape index (κ3) is 4.47. The number of hydrogen-bond donors (Lipinski definition) is 1. The molecular weight excluding hydrogens is 328 g/mol. The summed E-state index contributed by atoms with van der Waals surface area (Å²) in [6, 6.07) is 11.3. The van der Waals surface area contributed by atoms with E-state index in [1.165, 1.54) is 12.8 Å². The number of likely N-dealkylation sites (tertiary alicyclic amines) is 1. The maximum Gasteiger partial charge on any atom is 0.251 e. The quantitative estimate of drug-likeness (QED) is 0.855. The number of benzene rings is 1. The molecule has 0 bridgehead atoms. The van der Waals surface area contributed by atoms with Crippen LogP contribution in [0.4, 0.5) is 0 Å². The zero-order chi connectivity index (χ0) is 18.5. The highest BCUT2D eigenvalue weighted by molar-refractivity contribution is 5.94. The van der Waals surface area contributed by atoms with Gasteiger partial charge in [-0.1, -0.05) is 13.0 Å². The summed E-state index contributed by atoms with van der Waals surface area (Å²) in [4.78, 5) is 15.0. The van der Waals surface area contributed by atoms with Crippen LogP contribution in [0.25, 0.3) is 0 Å². The van der Waals surface area contributed by atoms with Crippen LogP contribution in [0.5, 0.6) is 5.75 Å². The molecule has 3 rings (SSSR count). The van der Waals surface area contributed by atoms with E-state index in [2.05, 4.69) is 17.1 Å². The van der Waals surface area contributed by atoms with Gasteiger partial charge in [0.05, 0.1) is 13.2 Å². The molecule has 5 heteroatoms. The summed E-state index contributed by atoms with van der Waals surface area (Å²) in [5, 5.41) is 3.07. The van der Waals surface area contributed by atoms with Gasteiger partial charge in [0.1, 0.15) is 17.3 Å². The second kappa shape index (κ2) is 8.41. The van der Waals surface area contributed by atoms with Crippen LogP contribution in [0.3, 0.4) is 0 Å². The smallest absolute Gasteiger partial charge is 0.251 e. The maximum atomic E-state index is 12.6. The third-order valence-corrected chi connectivity index (χ3v) is 5.14. The number of aryl methyl sites for hydroxylation is 1. The Morgan fingerprint density at radius 3 is 2.73 bits per heavy atom. The van der Waals surface area contributed by atoms with Crippen LogP contribution < -0.4 is 10.1 Å². The van der Waals surface area contributed by atoms with Gasteiger partial charge in [-0.05, 0) is 69.1 Å². The minimum absolute atomic E-state index is 0.0609. The molecule has 2 aromatic rings. The van der Waals surface area contributed by atoms with Crippen LogP contribution in [0, 0.1) is 12.8 Å². The molecule has 1 aromatic carbocycles. The fraction of sp³-hybridized carbons (Fsp3) is 0.476. The van der Waals surface area contributed by atoms with E-state index < -0.39 is 0 Å². The minimum atomic E-state index is -0.0949. The Bertz CT molecular complexity index is 732. The summed E-state index contributed by atoms with van der Waals surface area (Å²) >= 11 is 0. The van der Waals surface area contributed by atoms with Crippen LogP contribution in [-0.2, 0) is 0 Å². The third-order valence-electron chi connectivity index (χ3n) is 5.14. The number of amides is 1. The molecule has 1 aliphatic rings. The molecule has 1 aliphatic heterocycles. The average Bonchev–Trinajstić information content (AvgIpc) is 3.09. The van der Waals surface area contributed by atoms with Gasteiger partial charge in [0.25, 0.3) is 5.91 Å². The summed E-state index contributed by atoms with van der Waals surface area (Å²) in [7, 11) is 1.60. The van der Waals surface area contributed by atoms with Gasteiger partial charge in [0, 0.05) is 12.1 Å². The van der Waals surface area contributed by atoms with Crippen molar-refractivity contribution < 1.29 is 13.9 Å². The van der Waals surface area contributed by atoms with Crippen LogP contribution in [0.15, 0.2) is 40.8 Å². The number of methoxy groups -OCH3 is 1. The van der Waals surface area contributed by atoms with Crippen LogP contribution in [-0.4, -0.2) is 37.6 Å². The molecule has 0 spiro atoms. The largest absolute Gasteiger partial charge is 0.497 e. The molecule has 0 saturated carbocycles. The van der Waals surface area contributed by atoms with E-state index in [-0.39, 0.29) is 11.9 Å². The van der Waals surface area contributed by atoms with Crippen molar-refractivity contribution in [2.75, 3.05) is 26.7 Å². The van der Waals surface area contributed by atoms with Crippen LogP contribution >= 0.6 is 0 Å². The van der Waals surface area contributed by atoms with Crippen molar-refractivity contribution in [2.45, 2.75) is 32.7 Å². The van der Waals surface area contributed by atoms with E-state index in [1.54, 1.807) is 19.2 Å². The topological polar surface area (TPSA) is 54.7 Å². The molecule has 1 atom stereocenters. The number of rotatable bonds is 6. The first kappa shape index (κ1) is 18.5. The van der Waals surface area contributed by atoms with Crippen molar-refractivity contribution in [3.63, 3.8) is 0 Å². The van der Waals surface area contributed by atoms with E-state index in [4.69, 9.17) is 9.15 Å². The van der Waals surface area contributed by atoms with Gasteiger partial charge in [-0.2, -0.15) is 0 Å². The van der Waals surface area contributed by atoms with E-state index in [0.717, 1.165) is 30.5 Å². The number of nitrogens with one attached hydrogen (secondary N) is 1. The first-order valence-electron chi connectivity index (χ1n) is 9.29. The summed E-state index contributed by atoms with van der Waals surface area (Å²) in [6.07, 6.45) is 2.36. The summed E-state index contributed by atoms with van der Waals surface area (Å²) in [6.45, 7) is 6.83. The standard InChI is InChI=1S/C21H28N2O3/c1-15-9-11-23(12-10-15)19(20-8-7-16(2)26-20)14-22-21(24)17-5-4-6-18(13-17)25-3/h4-8,13,15,19H,9-12,14H2,1-3H3,(H,22,24). The zero-order valence-corrected chi connectivity index (χ0v) is 15.8. The number of nitrogens with zero attached hydrogens (tertiary/aromatic N) is 1. The van der Waals surface area contributed by atoms with Crippen molar-refractivity contribution >= 4 is 5.91 Å². The van der Waals surface area contributed by atoms with E-state index in [9.17, 15) is 4.79 Å². The molecule has 1 aromatic heterocycles. The molecule has 140 valence electrons. The first-order valence-corrected chi connectivity index (χ1v) is 9.29. The lowest BCUT2D eigenvalue weighted by Crippen LogP contribution is -2.41. The highest BCUT2D eigenvalue weighted by Gasteiger charge is 2.27. The number of furan rings is 1. The number of ether oxygens (including phenoxy) is 1. The summed E-state index contributed by atoms with van der Waals surface area (Å²) in [5.41, 5.74) is 0.603. The summed E-state index contributed by atoms with van der Waals surface area (Å²) < 4.78 is 11.1. The number of carbonyl (C=O) groups is 1. The lowest BCUT2D eigenvalue weighted by Gasteiger charge is -2.35. The number of hydrogen-bond acceptors (Lipinski definition) is 4. The molecule has 1 unspecified atom stereocenters. The fourth-order valence-corrected chi connectivity index (χ4v) is 3.44. The monoisotopic (exact) mass is 356 g/mol. The van der Waals surface area contributed by atoms with Crippen molar-refractivity contribution in [1.29, 1.82) is 0 Å². The Hall–Kier alpha value is -2.27. The van der Waals surface area contributed by atoms with Gasteiger partial charge in [-0.15, -0.1) is 0 Å². The zero-order valence-electron chi connectivity index (χ0n) is 15.8. The van der Waals surface area contributed by atoms with Gasteiger partial charge in [0.2, 0.25) is 0 Å². The van der Waals surface area contributed by atoms with Crippen LogP contribution in [0.1, 0.15) is 47.7 Å². The summed E-state index contributed by atoms with van der Waals surface area (Å²) in [5.74, 6) is 3.16. The first-order chi connectivity index (χ1) is 12.6. The maximum absolute atomic E-state index is 12.6. The second-order valence-corrected chi connectivity index (χ2v) is 7.12. The molecule has 26 heavy (non-hydrogen) atoms. The second-order valence-electron chi connectivity index (χ2n) is 7.12. The normalized spacial score (nSPS) is 17.0. The van der Waals surface area contributed by atoms with E-state index in [0.29, 0.717) is 17.9 Å². The molecule has 1 N–H and O–H groups in total.